The van der Waals surface area contributed by atoms with Gasteiger partial charge in [-0.2, -0.15) is 18.2 Å². The first kappa shape index (κ1) is 22.9. The third-order valence-corrected chi connectivity index (χ3v) is 5.69. The third kappa shape index (κ3) is 6.57. The molecule has 0 aliphatic heterocycles. The predicted octanol–water partition coefficient (Wildman–Crippen LogP) is 7.10. The molecule has 0 N–H and O–H groups in total. The van der Waals surface area contributed by atoms with Crippen LogP contribution in [-0.4, -0.2) is 9.77 Å². The topological polar surface area (TPSA) is 0 Å². The van der Waals surface area contributed by atoms with Crippen molar-refractivity contribution in [2.24, 2.45) is 11.8 Å². The van der Waals surface area contributed by atoms with Crippen LogP contribution in [0.4, 0.5) is 0 Å². The molecule has 0 aromatic heterocycles. The van der Waals surface area contributed by atoms with E-state index in [1.165, 1.54) is 11.1 Å². The molecule has 3 atom stereocenters. The van der Waals surface area contributed by atoms with Gasteiger partial charge in [0.25, 0.3) is 0 Å². The van der Waals surface area contributed by atoms with Crippen LogP contribution >= 0.6 is 23.2 Å². The molecule has 0 nitrogen and oxygen atoms in total. The molecule has 4 heteroatoms. The molecule has 0 bridgehead atoms. The van der Waals surface area contributed by atoms with E-state index >= 15 is 0 Å². The van der Waals surface area contributed by atoms with E-state index in [0.29, 0.717) is 0 Å². The molecule has 2 aromatic rings. The second kappa shape index (κ2) is 11.0. The van der Waals surface area contributed by atoms with Crippen molar-refractivity contribution in [3.63, 3.8) is 0 Å². The Morgan fingerprint density at radius 1 is 1.04 bits per heavy atom. The molecule has 3 unspecified atom stereocenters. The van der Waals surface area contributed by atoms with Crippen molar-refractivity contribution in [2.75, 3.05) is 0 Å². The van der Waals surface area contributed by atoms with E-state index in [-0.39, 0.29) is 23.2 Å². The molecular weight excluding hydrogens is 466 g/mol. The van der Waals surface area contributed by atoms with Crippen LogP contribution in [0.5, 0.6) is 0 Å². The molecule has 0 saturated heterocycles. The molecule has 2 aromatic carbocycles. The average molecular weight is 493 g/mol. The smallest absolute Gasteiger partial charge is 0.172 e. The normalized spacial score (nSPS) is 24.3. The van der Waals surface area contributed by atoms with Gasteiger partial charge in [0, 0.05) is 5.92 Å². The van der Waals surface area contributed by atoms with Crippen molar-refractivity contribution in [3.8, 4) is 0 Å². The fraction of sp³-hybridized carbons (Fsp3) is 0.304. The van der Waals surface area contributed by atoms with Crippen molar-refractivity contribution < 1.29 is 23.3 Å². The quantitative estimate of drug-likeness (QED) is 0.226. The van der Waals surface area contributed by atoms with Crippen molar-refractivity contribution in [1.29, 1.82) is 0 Å². The first-order valence-corrected chi connectivity index (χ1v) is 16.1. The van der Waals surface area contributed by atoms with Gasteiger partial charge in [-0.3, -0.25) is 0 Å². The minimum atomic E-state index is -0.711. The van der Waals surface area contributed by atoms with Crippen LogP contribution in [-0.2, 0) is 23.3 Å². The third-order valence-electron chi connectivity index (χ3n) is 4.53. The first-order chi connectivity index (χ1) is 12.8. The summed E-state index contributed by atoms with van der Waals surface area (Å²) in [6.45, 7) is 6.70. The van der Waals surface area contributed by atoms with Gasteiger partial charge in [-0.25, -0.2) is 30.2 Å². The van der Waals surface area contributed by atoms with E-state index in [4.69, 9.17) is 23.2 Å². The van der Waals surface area contributed by atoms with Gasteiger partial charge in [0.2, 0.25) is 0 Å². The maximum atomic E-state index is 6.60. The molecule has 2 aliphatic carbocycles. The van der Waals surface area contributed by atoms with Crippen molar-refractivity contribution >= 4 is 28.6 Å². The van der Waals surface area contributed by atoms with Gasteiger partial charge in [-0.05, 0) is 11.5 Å². The maximum absolute atomic E-state index is 6.60. The number of halogens is 2. The van der Waals surface area contributed by atoms with Crippen LogP contribution in [0, 0.1) is 18.3 Å². The van der Waals surface area contributed by atoms with Crippen LogP contribution < -0.4 is 0 Å². The van der Waals surface area contributed by atoms with E-state index in [9.17, 15) is 0 Å². The Kier molecular flexibility index (Phi) is 9.29. The molecule has 0 heterocycles. The van der Waals surface area contributed by atoms with Gasteiger partial charge >= 0.3 is 41.9 Å². The van der Waals surface area contributed by atoms with Gasteiger partial charge in [-0.1, -0.05) is 49.2 Å². The van der Waals surface area contributed by atoms with Gasteiger partial charge in [0.05, 0.1) is 0 Å². The SMILES string of the molecule is CC1[CH-]C2=CC=CC(c3ccccc3)C2C1(Cl)Cl.C[Si](C)=[Zr+2].c1cc[cH-]c1. The summed E-state index contributed by atoms with van der Waals surface area (Å²) in [4.78, 5) is 0. The molecule has 0 radical (unpaired) electrons. The Labute approximate surface area is 189 Å². The molecule has 140 valence electrons. The standard InChI is InChI=1S/C16H15Cl2.C5H5.C2H6Si.Zr/c1-11-10-13-8-5-9-14(15(13)16(11,17)18)12-6-3-2-4-7-12;1-2-4-5-3-1;1-3-2;/h2-11,14-15H,1H3;1-5H;1-2H3;/q2*-1;;+2. The number of alkyl halides is 2. The number of hydrogen-bond acceptors (Lipinski definition) is 0. The van der Waals surface area contributed by atoms with Gasteiger partial charge in [-0.15, -0.1) is 29.3 Å². The van der Waals surface area contributed by atoms with Gasteiger partial charge in [0.1, 0.15) is 4.33 Å². The monoisotopic (exact) mass is 490 g/mol. The van der Waals surface area contributed by atoms with E-state index in [2.05, 4.69) is 68.9 Å². The van der Waals surface area contributed by atoms with Gasteiger partial charge < -0.3 is 0 Å². The summed E-state index contributed by atoms with van der Waals surface area (Å²) in [6, 6.07) is 20.4. The van der Waals surface area contributed by atoms with Crippen LogP contribution in [0.1, 0.15) is 18.4 Å². The zero-order valence-electron chi connectivity index (χ0n) is 16.1. The van der Waals surface area contributed by atoms with Crippen molar-refractivity contribution in [1.82, 2.24) is 0 Å². The molecule has 0 amide bonds. The Bertz CT molecular complexity index is 742. The number of fused-ring (bicyclic) bond motifs is 1. The summed E-state index contributed by atoms with van der Waals surface area (Å²) in [5, 5.41) is 0. The number of benzene rings is 1. The van der Waals surface area contributed by atoms with Crippen LogP contribution in [0.2, 0.25) is 13.1 Å². The Morgan fingerprint density at radius 3 is 2.15 bits per heavy atom. The summed E-state index contributed by atoms with van der Waals surface area (Å²) in [5.74, 6) is 0.605. The Balaban J connectivity index is 0.000000241. The Hall–Kier alpha value is -0.400. The fourth-order valence-corrected chi connectivity index (χ4v) is 3.96. The second-order valence-electron chi connectivity index (χ2n) is 7.06. The minimum absolute atomic E-state index is 0.156. The summed E-state index contributed by atoms with van der Waals surface area (Å²) in [6.07, 6.45) is 8.65. The summed E-state index contributed by atoms with van der Waals surface area (Å²) in [7, 11) is 0. The maximum Gasteiger partial charge on any atom is -0.172 e. The van der Waals surface area contributed by atoms with Crippen molar-refractivity contribution in [2.45, 2.75) is 30.3 Å². The summed E-state index contributed by atoms with van der Waals surface area (Å²) in [5.41, 5.74) is 2.75. The predicted molar refractivity (Wildman–Crippen MR) is 117 cm³/mol. The molecular formula is C23H26Cl2SiZr. The van der Waals surface area contributed by atoms with E-state index < -0.39 is 4.33 Å². The van der Waals surface area contributed by atoms with Crippen molar-refractivity contribution in [3.05, 3.63) is 96.4 Å². The van der Waals surface area contributed by atoms with E-state index in [0.717, 1.165) is 0 Å². The number of hydrogen-bond donors (Lipinski definition) is 0. The average Bonchev–Trinajstić information content (AvgIpc) is 3.27. The number of rotatable bonds is 1. The van der Waals surface area contributed by atoms with Crippen LogP contribution in [0.3, 0.4) is 0 Å². The largest absolute Gasteiger partial charge is 0.214 e. The van der Waals surface area contributed by atoms with E-state index in [1.807, 2.05) is 36.4 Å². The first-order valence-electron chi connectivity index (χ1n) is 9.18. The molecule has 2 aliphatic rings. The fourth-order valence-electron chi connectivity index (χ4n) is 3.31. The van der Waals surface area contributed by atoms with Gasteiger partial charge in [0.15, 0.2) is 0 Å². The molecule has 0 spiro atoms. The molecule has 27 heavy (non-hydrogen) atoms. The number of allylic oxidation sites excluding steroid dienone is 4. The van der Waals surface area contributed by atoms with E-state index in [1.54, 1.807) is 23.3 Å². The minimum Gasteiger partial charge on any atom is -0.214 e. The summed E-state index contributed by atoms with van der Waals surface area (Å²) >= 11 is 14.9. The van der Waals surface area contributed by atoms with Crippen LogP contribution in [0.25, 0.3) is 0 Å². The second-order valence-corrected chi connectivity index (χ2v) is 17.9. The summed E-state index contributed by atoms with van der Waals surface area (Å²) < 4.78 is -0.711. The molecule has 1 fully saturated rings. The zero-order valence-corrected chi connectivity index (χ0v) is 21.0. The molecule has 1 saturated carbocycles. The Morgan fingerprint density at radius 2 is 1.63 bits per heavy atom. The van der Waals surface area contributed by atoms with Crippen LogP contribution in [0.15, 0.2) is 84.5 Å². The zero-order chi connectivity index (χ0) is 19.9. The molecule has 4 rings (SSSR count).